The molecule has 3 nitrogen and oxygen atoms in total. The molecule has 1 aromatic heterocycles. The number of benzene rings is 4. The molecule has 0 saturated heterocycles. The summed E-state index contributed by atoms with van der Waals surface area (Å²) in [5, 5.41) is 11.8. The highest BCUT2D eigenvalue weighted by Gasteiger charge is 2.40. The summed E-state index contributed by atoms with van der Waals surface area (Å²) in [5.74, 6) is 0. The van der Waals surface area contributed by atoms with Gasteiger partial charge in [0, 0.05) is 6.20 Å². The van der Waals surface area contributed by atoms with Gasteiger partial charge >= 0.3 is 0 Å². The van der Waals surface area contributed by atoms with E-state index in [0.29, 0.717) is 5.69 Å². The molecule has 1 N–H and O–H groups in total. The van der Waals surface area contributed by atoms with Crippen LogP contribution in [0.15, 0.2) is 122 Å². The minimum atomic E-state index is -1.24. The lowest BCUT2D eigenvalue weighted by Crippen LogP contribution is -2.37. The summed E-state index contributed by atoms with van der Waals surface area (Å²) in [6.07, 6.45) is 3.84. The molecule has 0 aliphatic carbocycles. The molecule has 1 atom stereocenters. The first kappa shape index (κ1) is 22.8. The van der Waals surface area contributed by atoms with Crippen LogP contribution in [0.2, 0.25) is 0 Å². The fraction of sp³-hybridized carbons (Fsp3) is 0.156. The van der Waals surface area contributed by atoms with Crippen molar-refractivity contribution in [3.63, 3.8) is 0 Å². The number of imidazole rings is 1. The van der Waals surface area contributed by atoms with E-state index in [1.165, 1.54) is 0 Å². The first-order chi connectivity index (χ1) is 17.0. The van der Waals surface area contributed by atoms with Crippen molar-refractivity contribution in [3.8, 4) is 0 Å². The maximum Gasteiger partial charge on any atom is 0.130 e. The van der Waals surface area contributed by atoms with Gasteiger partial charge in [-0.3, -0.25) is 0 Å². The van der Waals surface area contributed by atoms with Crippen LogP contribution in [0.25, 0.3) is 0 Å². The summed E-state index contributed by atoms with van der Waals surface area (Å²) in [5.41, 5.74) is 5.16. The van der Waals surface area contributed by atoms with Crippen molar-refractivity contribution in [2.24, 2.45) is 0 Å². The third kappa shape index (κ3) is 3.78. The van der Waals surface area contributed by atoms with E-state index in [0.717, 1.165) is 33.4 Å². The third-order valence-electron chi connectivity index (χ3n) is 7.17. The van der Waals surface area contributed by atoms with Gasteiger partial charge in [0.25, 0.3) is 0 Å². The molecule has 3 heteroatoms. The monoisotopic (exact) mass is 458 g/mol. The zero-order valence-corrected chi connectivity index (χ0v) is 20.4. The molecule has 35 heavy (non-hydrogen) atoms. The Bertz CT molecular complexity index is 1320. The van der Waals surface area contributed by atoms with Crippen LogP contribution in [0.3, 0.4) is 0 Å². The zero-order valence-electron chi connectivity index (χ0n) is 20.4. The number of rotatable bonds is 6. The van der Waals surface area contributed by atoms with Crippen LogP contribution in [-0.4, -0.2) is 14.7 Å². The Morgan fingerprint density at radius 3 is 1.63 bits per heavy atom. The van der Waals surface area contributed by atoms with E-state index in [2.05, 4.69) is 97.3 Å². The number of aliphatic hydroxyl groups is 1. The summed E-state index contributed by atoms with van der Waals surface area (Å²) < 4.78 is 2.14. The van der Waals surface area contributed by atoms with Gasteiger partial charge in [0.1, 0.15) is 11.1 Å². The number of aryl methyl sites for hydroxylation is 1. The van der Waals surface area contributed by atoms with E-state index in [-0.39, 0.29) is 0 Å². The Hall–Kier alpha value is -3.95. The molecule has 0 saturated carbocycles. The quantitative estimate of drug-likeness (QED) is 0.291. The summed E-state index contributed by atoms with van der Waals surface area (Å²) in [7, 11) is 0. The van der Waals surface area contributed by atoms with Crippen molar-refractivity contribution in [1.82, 2.24) is 9.55 Å². The highest BCUT2D eigenvalue weighted by atomic mass is 16.3. The smallest absolute Gasteiger partial charge is 0.130 e. The standard InChI is InChI=1S/C32H30N2O/c1-24-14-13-21-29(25(24)2)31(3,35)30-22-34(23-33-30)32(26-15-7-4-8-16-26,27-17-9-5-10-18-27)28-19-11-6-12-20-28/h4-23,35H,1-3H3/t31-/m1/s1. The summed E-state index contributed by atoms with van der Waals surface area (Å²) >= 11 is 0. The molecule has 0 aliphatic heterocycles. The predicted molar refractivity (Wildman–Crippen MR) is 141 cm³/mol. The number of nitrogens with zero attached hydrogens (tertiary/aromatic N) is 2. The van der Waals surface area contributed by atoms with Gasteiger partial charge < -0.3 is 9.67 Å². The summed E-state index contributed by atoms with van der Waals surface area (Å²) in [6.45, 7) is 5.95. The van der Waals surface area contributed by atoms with Crippen molar-refractivity contribution < 1.29 is 5.11 Å². The fourth-order valence-electron chi connectivity index (χ4n) is 5.16. The topological polar surface area (TPSA) is 38.0 Å². The van der Waals surface area contributed by atoms with Gasteiger partial charge in [-0.1, -0.05) is 109 Å². The van der Waals surface area contributed by atoms with Gasteiger partial charge in [-0.25, -0.2) is 4.98 Å². The van der Waals surface area contributed by atoms with Crippen LogP contribution >= 0.6 is 0 Å². The van der Waals surface area contributed by atoms with Crippen LogP contribution in [0.1, 0.15) is 46.0 Å². The Labute approximate surface area is 207 Å². The molecule has 174 valence electrons. The normalized spacial score (nSPS) is 13.4. The van der Waals surface area contributed by atoms with Gasteiger partial charge in [-0.05, 0) is 54.2 Å². The SMILES string of the molecule is Cc1cccc([C@@](C)(O)c2cn(C(c3ccccc3)(c3ccccc3)c3ccccc3)cn2)c1C. The second kappa shape index (κ2) is 9.01. The van der Waals surface area contributed by atoms with Crippen LogP contribution in [-0.2, 0) is 11.1 Å². The molecule has 4 aromatic carbocycles. The van der Waals surface area contributed by atoms with E-state index < -0.39 is 11.1 Å². The van der Waals surface area contributed by atoms with E-state index in [4.69, 9.17) is 4.98 Å². The second-order valence-corrected chi connectivity index (χ2v) is 9.29. The average Bonchev–Trinajstić information content (AvgIpc) is 3.40. The highest BCUT2D eigenvalue weighted by molar-refractivity contribution is 5.51. The van der Waals surface area contributed by atoms with Gasteiger partial charge in [0.05, 0.1) is 12.0 Å². The largest absolute Gasteiger partial charge is 0.379 e. The van der Waals surface area contributed by atoms with Crippen LogP contribution in [0.5, 0.6) is 0 Å². The Morgan fingerprint density at radius 2 is 1.14 bits per heavy atom. The Kier molecular flexibility index (Phi) is 5.88. The van der Waals surface area contributed by atoms with Crippen molar-refractivity contribution in [2.45, 2.75) is 31.9 Å². The van der Waals surface area contributed by atoms with Crippen molar-refractivity contribution >= 4 is 0 Å². The Morgan fingerprint density at radius 1 is 0.657 bits per heavy atom. The first-order valence-electron chi connectivity index (χ1n) is 12.0. The minimum absolute atomic E-state index is 0.610. The average molecular weight is 459 g/mol. The lowest BCUT2D eigenvalue weighted by molar-refractivity contribution is 0.0969. The molecule has 5 aromatic rings. The van der Waals surface area contributed by atoms with Crippen LogP contribution in [0.4, 0.5) is 0 Å². The van der Waals surface area contributed by atoms with Crippen LogP contribution < -0.4 is 0 Å². The molecule has 1 heterocycles. The molecule has 0 spiro atoms. The van der Waals surface area contributed by atoms with Crippen LogP contribution in [0, 0.1) is 13.8 Å². The van der Waals surface area contributed by atoms with Gasteiger partial charge in [-0.2, -0.15) is 0 Å². The van der Waals surface area contributed by atoms with Crippen molar-refractivity contribution in [2.75, 3.05) is 0 Å². The minimum Gasteiger partial charge on any atom is -0.379 e. The highest BCUT2D eigenvalue weighted by Crippen LogP contribution is 2.42. The van der Waals surface area contributed by atoms with Crippen molar-refractivity contribution in [1.29, 1.82) is 0 Å². The number of hydrogen-bond acceptors (Lipinski definition) is 2. The van der Waals surface area contributed by atoms with E-state index >= 15 is 0 Å². The number of hydrogen-bond donors (Lipinski definition) is 1. The maximum absolute atomic E-state index is 11.8. The molecular weight excluding hydrogens is 428 g/mol. The predicted octanol–water partition coefficient (Wildman–Crippen LogP) is 6.60. The fourth-order valence-corrected chi connectivity index (χ4v) is 5.16. The first-order valence-corrected chi connectivity index (χ1v) is 12.0. The lowest BCUT2D eigenvalue weighted by Gasteiger charge is -2.37. The molecule has 0 bridgehead atoms. The Balaban J connectivity index is 1.78. The molecule has 0 aliphatic rings. The van der Waals surface area contributed by atoms with Gasteiger partial charge in [0.2, 0.25) is 0 Å². The zero-order chi connectivity index (χ0) is 24.5. The molecule has 0 fully saturated rings. The maximum atomic E-state index is 11.8. The summed E-state index contributed by atoms with van der Waals surface area (Å²) in [6, 6.07) is 37.5. The molecule has 0 unspecified atom stereocenters. The van der Waals surface area contributed by atoms with Gasteiger partial charge in [0.15, 0.2) is 0 Å². The second-order valence-electron chi connectivity index (χ2n) is 9.29. The molecule has 0 amide bonds. The van der Waals surface area contributed by atoms with E-state index in [1.807, 2.05) is 49.8 Å². The van der Waals surface area contributed by atoms with Gasteiger partial charge in [-0.15, -0.1) is 0 Å². The molecule has 0 radical (unpaired) electrons. The van der Waals surface area contributed by atoms with E-state index in [9.17, 15) is 5.11 Å². The summed E-state index contributed by atoms with van der Waals surface area (Å²) in [4.78, 5) is 4.79. The molecular formula is C32H30N2O. The van der Waals surface area contributed by atoms with E-state index in [1.54, 1.807) is 0 Å². The third-order valence-corrected chi connectivity index (χ3v) is 7.17. The lowest BCUT2D eigenvalue weighted by atomic mass is 9.76. The number of aromatic nitrogens is 2. The van der Waals surface area contributed by atoms with Crippen molar-refractivity contribution in [3.05, 3.63) is 161 Å². The molecule has 5 rings (SSSR count).